The first kappa shape index (κ1) is 9.48. The second-order valence-electron chi connectivity index (χ2n) is 2.20. The van der Waals surface area contributed by atoms with Gasteiger partial charge in [0.25, 0.3) is 0 Å². The molecular formula is C8H14O2. The summed E-state index contributed by atoms with van der Waals surface area (Å²) in [6.07, 6.45) is -0.0816. The molecule has 0 saturated carbocycles. The van der Waals surface area contributed by atoms with Crippen LogP contribution < -0.4 is 0 Å². The van der Waals surface area contributed by atoms with Crippen molar-refractivity contribution in [2.24, 2.45) is 0 Å². The van der Waals surface area contributed by atoms with Crippen molar-refractivity contribution in [2.45, 2.75) is 38.9 Å². The third-order valence-corrected chi connectivity index (χ3v) is 1.24. The fraction of sp³-hybridized carbons (Fsp3) is 0.750. The third-order valence-electron chi connectivity index (χ3n) is 1.24. The molecule has 2 nitrogen and oxygen atoms in total. The van der Waals surface area contributed by atoms with Gasteiger partial charge in [-0.1, -0.05) is 19.3 Å². The second-order valence-corrected chi connectivity index (χ2v) is 2.20. The molecule has 0 bridgehead atoms. The molecule has 0 radical (unpaired) electrons. The van der Waals surface area contributed by atoms with Crippen LogP contribution in [0, 0.1) is 11.8 Å². The minimum Gasteiger partial charge on any atom is -0.389 e. The van der Waals surface area contributed by atoms with E-state index < -0.39 is 12.2 Å². The van der Waals surface area contributed by atoms with E-state index in [0.29, 0.717) is 6.42 Å². The average Bonchev–Trinajstić information content (AvgIpc) is 1.89. The average molecular weight is 142 g/mol. The molecule has 58 valence electrons. The monoisotopic (exact) mass is 142 g/mol. The third kappa shape index (κ3) is 3.49. The Morgan fingerprint density at radius 3 is 2.40 bits per heavy atom. The van der Waals surface area contributed by atoms with Gasteiger partial charge in [0.15, 0.2) is 0 Å². The van der Waals surface area contributed by atoms with Gasteiger partial charge in [0.2, 0.25) is 0 Å². The summed E-state index contributed by atoms with van der Waals surface area (Å²) in [5, 5.41) is 18.1. The van der Waals surface area contributed by atoms with E-state index in [0.717, 1.165) is 6.42 Å². The topological polar surface area (TPSA) is 40.5 Å². The zero-order valence-electron chi connectivity index (χ0n) is 6.46. The van der Waals surface area contributed by atoms with Gasteiger partial charge in [-0.3, -0.25) is 0 Å². The summed E-state index contributed by atoms with van der Waals surface area (Å²) in [5.41, 5.74) is 0. The van der Waals surface area contributed by atoms with E-state index in [-0.39, 0.29) is 0 Å². The predicted molar refractivity (Wildman–Crippen MR) is 40.4 cm³/mol. The van der Waals surface area contributed by atoms with Crippen LogP contribution in [-0.2, 0) is 0 Å². The first-order chi connectivity index (χ1) is 4.72. The summed E-state index contributed by atoms with van der Waals surface area (Å²) < 4.78 is 0. The number of aliphatic hydroxyl groups excluding tert-OH is 2. The van der Waals surface area contributed by atoms with Crippen LogP contribution in [-0.4, -0.2) is 22.4 Å². The quantitative estimate of drug-likeness (QED) is 0.564. The second kappa shape index (κ2) is 5.28. The zero-order chi connectivity index (χ0) is 7.98. The van der Waals surface area contributed by atoms with E-state index in [1.807, 2.05) is 6.92 Å². The summed E-state index contributed by atoms with van der Waals surface area (Å²) >= 11 is 0. The Morgan fingerprint density at radius 2 is 2.00 bits per heavy atom. The van der Waals surface area contributed by atoms with Gasteiger partial charge in [-0.2, -0.15) is 0 Å². The number of hydrogen-bond acceptors (Lipinski definition) is 2. The maximum atomic E-state index is 9.10. The smallest absolute Gasteiger partial charge is 0.140 e. The molecule has 0 rings (SSSR count). The Hall–Kier alpha value is -0.520. The largest absolute Gasteiger partial charge is 0.389 e. The van der Waals surface area contributed by atoms with Gasteiger partial charge in [0.05, 0.1) is 6.10 Å². The van der Waals surface area contributed by atoms with Crippen molar-refractivity contribution >= 4 is 0 Å². The predicted octanol–water partition coefficient (Wildman–Crippen LogP) is 0.532. The fourth-order valence-electron chi connectivity index (χ4n) is 0.698. The van der Waals surface area contributed by atoms with Gasteiger partial charge in [-0.05, 0) is 13.3 Å². The Labute approximate surface area is 61.9 Å². The maximum absolute atomic E-state index is 9.10. The van der Waals surface area contributed by atoms with Gasteiger partial charge >= 0.3 is 0 Å². The number of hydrogen-bond donors (Lipinski definition) is 2. The highest BCUT2D eigenvalue weighted by atomic mass is 16.3. The Balaban J connectivity index is 3.66. The minimum absolute atomic E-state index is 0.607. The molecule has 0 fully saturated rings. The SMILES string of the molecule is CC#CC(O)C(O)CCC. The molecule has 0 spiro atoms. The van der Waals surface area contributed by atoms with Gasteiger partial charge in [-0.15, -0.1) is 5.92 Å². The molecule has 2 heteroatoms. The van der Waals surface area contributed by atoms with E-state index in [2.05, 4.69) is 11.8 Å². The van der Waals surface area contributed by atoms with Gasteiger partial charge < -0.3 is 10.2 Å². The van der Waals surface area contributed by atoms with Crippen molar-refractivity contribution in [3.8, 4) is 11.8 Å². The van der Waals surface area contributed by atoms with Crippen molar-refractivity contribution in [3.05, 3.63) is 0 Å². The van der Waals surface area contributed by atoms with Crippen LogP contribution in [0.15, 0.2) is 0 Å². The Morgan fingerprint density at radius 1 is 1.40 bits per heavy atom. The van der Waals surface area contributed by atoms with Gasteiger partial charge in [0.1, 0.15) is 6.10 Å². The number of rotatable bonds is 3. The first-order valence-corrected chi connectivity index (χ1v) is 3.50. The molecule has 0 saturated heterocycles. The number of aliphatic hydroxyl groups is 2. The zero-order valence-corrected chi connectivity index (χ0v) is 6.46. The van der Waals surface area contributed by atoms with Crippen LogP contribution in [0.5, 0.6) is 0 Å². The van der Waals surface area contributed by atoms with Gasteiger partial charge in [0, 0.05) is 0 Å². The van der Waals surface area contributed by atoms with Crippen LogP contribution >= 0.6 is 0 Å². The molecule has 0 amide bonds. The van der Waals surface area contributed by atoms with Crippen LogP contribution in [0.4, 0.5) is 0 Å². The van der Waals surface area contributed by atoms with E-state index in [1.54, 1.807) is 6.92 Å². The lowest BCUT2D eigenvalue weighted by Crippen LogP contribution is -2.23. The standard InChI is InChI=1S/C8H14O2/c1-3-5-7(9)8(10)6-4-2/h7-10H,3,5H2,1-2H3. The van der Waals surface area contributed by atoms with E-state index in [9.17, 15) is 0 Å². The molecule has 0 aliphatic carbocycles. The summed E-state index contributed by atoms with van der Waals surface area (Å²) in [4.78, 5) is 0. The minimum atomic E-state index is -0.870. The highest BCUT2D eigenvalue weighted by Crippen LogP contribution is 2.00. The summed E-state index contributed by atoms with van der Waals surface area (Å²) in [7, 11) is 0. The van der Waals surface area contributed by atoms with Crippen molar-refractivity contribution in [3.63, 3.8) is 0 Å². The van der Waals surface area contributed by atoms with E-state index in [4.69, 9.17) is 10.2 Å². The maximum Gasteiger partial charge on any atom is 0.140 e. The van der Waals surface area contributed by atoms with Crippen LogP contribution in [0.25, 0.3) is 0 Å². The van der Waals surface area contributed by atoms with E-state index in [1.165, 1.54) is 0 Å². The normalized spacial score (nSPS) is 15.2. The van der Waals surface area contributed by atoms with Crippen LogP contribution in [0.1, 0.15) is 26.7 Å². The molecule has 0 aromatic carbocycles. The fourth-order valence-corrected chi connectivity index (χ4v) is 0.698. The summed E-state index contributed by atoms with van der Waals surface area (Å²) in [6.45, 7) is 3.59. The van der Waals surface area contributed by atoms with Crippen molar-refractivity contribution < 1.29 is 10.2 Å². The highest BCUT2D eigenvalue weighted by molar-refractivity contribution is 5.04. The molecule has 0 aromatic rings. The molecule has 10 heavy (non-hydrogen) atoms. The lowest BCUT2D eigenvalue weighted by atomic mass is 10.1. The van der Waals surface area contributed by atoms with Gasteiger partial charge in [-0.25, -0.2) is 0 Å². The molecule has 0 aliphatic rings. The van der Waals surface area contributed by atoms with Crippen LogP contribution in [0.3, 0.4) is 0 Å². The molecule has 0 aromatic heterocycles. The lowest BCUT2D eigenvalue weighted by Gasteiger charge is -2.10. The molecule has 2 N–H and O–H groups in total. The van der Waals surface area contributed by atoms with E-state index >= 15 is 0 Å². The molecule has 0 heterocycles. The van der Waals surface area contributed by atoms with Crippen LogP contribution in [0.2, 0.25) is 0 Å². The van der Waals surface area contributed by atoms with Crippen molar-refractivity contribution in [1.82, 2.24) is 0 Å². The van der Waals surface area contributed by atoms with Crippen molar-refractivity contribution in [1.29, 1.82) is 0 Å². The first-order valence-electron chi connectivity index (χ1n) is 3.50. The molecular weight excluding hydrogens is 128 g/mol. The Bertz CT molecular complexity index is 132. The molecule has 2 atom stereocenters. The Kier molecular flexibility index (Phi) is 5.00. The summed E-state index contributed by atoms with van der Waals surface area (Å²) in [6, 6.07) is 0. The summed E-state index contributed by atoms with van der Waals surface area (Å²) in [5.74, 6) is 5.03. The highest BCUT2D eigenvalue weighted by Gasteiger charge is 2.10. The van der Waals surface area contributed by atoms with Crippen molar-refractivity contribution in [2.75, 3.05) is 0 Å². The molecule has 2 unspecified atom stereocenters. The molecule has 0 aliphatic heterocycles. The lowest BCUT2D eigenvalue weighted by molar-refractivity contribution is 0.0482.